The van der Waals surface area contributed by atoms with Crippen LogP contribution in [0.5, 0.6) is 0 Å². The lowest BCUT2D eigenvalue weighted by atomic mass is 10.1. The highest BCUT2D eigenvalue weighted by Gasteiger charge is 2.26. The van der Waals surface area contributed by atoms with Gasteiger partial charge in [0.05, 0.1) is 5.56 Å². The molecule has 0 spiro atoms. The Balaban J connectivity index is 3.52. The van der Waals surface area contributed by atoms with E-state index in [0.717, 1.165) is 4.90 Å². The number of nitrogens with zero attached hydrogens (tertiary/aromatic N) is 1. The van der Waals surface area contributed by atoms with E-state index in [2.05, 4.69) is 0 Å². The maximum absolute atomic E-state index is 13.8. The van der Waals surface area contributed by atoms with Crippen molar-refractivity contribution in [3.05, 3.63) is 34.9 Å². The van der Waals surface area contributed by atoms with Crippen LogP contribution in [0.4, 0.5) is 23.2 Å². The molecule has 0 aliphatic rings. The summed E-state index contributed by atoms with van der Waals surface area (Å²) in [5.41, 5.74) is -1.85. The minimum atomic E-state index is -1.62. The lowest BCUT2D eigenvalue weighted by Gasteiger charge is -2.23. The van der Waals surface area contributed by atoms with Crippen LogP contribution in [0, 0.1) is 23.3 Å². The molecule has 0 saturated heterocycles. The number of carbonyl (C=O) groups is 1. The molecule has 0 atom stereocenters. The van der Waals surface area contributed by atoms with Crippen LogP contribution in [0.1, 0.15) is 19.4 Å². The molecule has 0 amide bonds. The summed E-state index contributed by atoms with van der Waals surface area (Å²) in [5, 5.41) is 8.39. The fourth-order valence-electron chi connectivity index (χ4n) is 1.76. The number of rotatable bonds is 5. The Hall–Kier alpha value is -2.05. The minimum absolute atomic E-state index is 0.160. The number of hydrogen-bond donors (Lipinski definition) is 1. The van der Waals surface area contributed by atoms with Gasteiger partial charge in [0.25, 0.3) is 0 Å². The van der Waals surface area contributed by atoms with Crippen molar-refractivity contribution in [1.82, 2.24) is 0 Å². The van der Waals surface area contributed by atoms with Gasteiger partial charge in [0.15, 0.2) is 23.3 Å². The number of benzene rings is 1. The van der Waals surface area contributed by atoms with Crippen molar-refractivity contribution in [2.24, 2.45) is 0 Å². The van der Waals surface area contributed by atoms with Crippen molar-refractivity contribution in [2.45, 2.75) is 13.8 Å². The molecule has 0 fully saturated rings. The van der Waals surface area contributed by atoms with Gasteiger partial charge < -0.3 is 10.0 Å². The van der Waals surface area contributed by atoms with E-state index >= 15 is 0 Å². The second-order valence-electron chi connectivity index (χ2n) is 3.86. The molecular weight excluding hydrogens is 278 g/mol. The summed E-state index contributed by atoms with van der Waals surface area (Å²) in [6.07, 6.45) is 0.878. The molecule has 7 heteroatoms. The Morgan fingerprint density at radius 3 is 1.85 bits per heavy atom. The van der Waals surface area contributed by atoms with E-state index < -0.39 is 40.5 Å². The Kier molecular flexibility index (Phi) is 5.12. The Labute approximate surface area is 113 Å². The number of halogens is 4. The molecule has 1 aromatic carbocycles. The molecule has 0 aliphatic carbocycles. The van der Waals surface area contributed by atoms with Gasteiger partial charge in [0, 0.05) is 19.2 Å². The van der Waals surface area contributed by atoms with Crippen molar-refractivity contribution >= 4 is 17.7 Å². The maximum Gasteiger partial charge on any atom is 0.328 e. The fourth-order valence-corrected chi connectivity index (χ4v) is 1.76. The van der Waals surface area contributed by atoms with Crippen LogP contribution in [-0.2, 0) is 4.79 Å². The lowest BCUT2D eigenvalue weighted by molar-refractivity contribution is -0.131. The van der Waals surface area contributed by atoms with Gasteiger partial charge in [-0.1, -0.05) is 0 Å². The van der Waals surface area contributed by atoms with Gasteiger partial charge in [-0.2, -0.15) is 0 Å². The highest BCUT2D eigenvalue weighted by molar-refractivity contribution is 5.85. The molecule has 3 nitrogen and oxygen atoms in total. The summed E-state index contributed by atoms with van der Waals surface area (Å²) in [4.78, 5) is 11.4. The molecule has 0 aliphatic heterocycles. The van der Waals surface area contributed by atoms with Crippen LogP contribution < -0.4 is 4.90 Å². The van der Waals surface area contributed by atoms with Crippen LogP contribution >= 0.6 is 0 Å². The molecule has 110 valence electrons. The van der Waals surface area contributed by atoms with E-state index in [-0.39, 0.29) is 13.1 Å². The third-order valence-electron chi connectivity index (χ3n) is 2.75. The summed E-state index contributed by atoms with van der Waals surface area (Å²) >= 11 is 0. The summed E-state index contributed by atoms with van der Waals surface area (Å²) in [6.45, 7) is 3.48. The zero-order valence-electron chi connectivity index (χ0n) is 10.9. The Bertz CT molecular complexity index is 525. The van der Waals surface area contributed by atoms with E-state index in [4.69, 9.17) is 5.11 Å². The molecule has 1 aromatic rings. The van der Waals surface area contributed by atoms with Gasteiger partial charge in [0.2, 0.25) is 0 Å². The van der Waals surface area contributed by atoms with Gasteiger partial charge in [-0.3, -0.25) is 0 Å². The van der Waals surface area contributed by atoms with Crippen LogP contribution in [0.3, 0.4) is 0 Å². The molecule has 1 N–H and O–H groups in total. The molecule has 1 rings (SSSR count). The first kappa shape index (κ1) is 16.0. The van der Waals surface area contributed by atoms with E-state index in [1.165, 1.54) is 0 Å². The summed E-state index contributed by atoms with van der Waals surface area (Å²) in [6, 6.07) is 0. The molecule has 0 saturated carbocycles. The van der Waals surface area contributed by atoms with Crippen molar-refractivity contribution in [3.8, 4) is 0 Å². The van der Waals surface area contributed by atoms with Gasteiger partial charge in [-0.15, -0.1) is 0 Å². The second kappa shape index (κ2) is 6.40. The summed E-state index contributed by atoms with van der Waals surface area (Å²) in [5.74, 6) is -7.82. The van der Waals surface area contributed by atoms with E-state index in [0.29, 0.717) is 12.2 Å². The summed E-state index contributed by atoms with van der Waals surface area (Å²) < 4.78 is 55.2. The quantitative estimate of drug-likeness (QED) is 0.514. The standard InChI is InChI=1S/C13H13F4NO2/c1-3-18(4-2)13-11(16)9(14)7(5-6-8(19)20)10(15)12(13)17/h5-6H,3-4H2,1-2H3,(H,19,20). The number of carboxylic acid groups (broad SMARTS) is 1. The number of hydrogen-bond acceptors (Lipinski definition) is 2. The molecule has 0 heterocycles. The zero-order valence-corrected chi connectivity index (χ0v) is 10.9. The topological polar surface area (TPSA) is 40.5 Å². The van der Waals surface area contributed by atoms with Gasteiger partial charge >= 0.3 is 5.97 Å². The molecule has 0 unspecified atom stereocenters. The molecule has 20 heavy (non-hydrogen) atoms. The average molecular weight is 291 g/mol. The predicted molar refractivity (Wildman–Crippen MR) is 66.5 cm³/mol. The molecule has 0 bridgehead atoms. The largest absolute Gasteiger partial charge is 0.478 e. The van der Waals surface area contributed by atoms with Crippen LogP contribution in [0.2, 0.25) is 0 Å². The zero-order chi connectivity index (χ0) is 15.4. The smallest absolute Gasteiger partial charge is 0.328 e. The normalized spacial score (nSPS) is 11.1. The van der Waals surface area contributed by atoms with Gasteiger partial charge in [0.1, 0.15) is 5.69 Å². The van der Waals surface area contributed by atoms with E-state index in [1.54, 1.807) is 13.8 Å². The lowest BCUT2D eigenvalue weighted by Crippen LogP contribution is -2.25. The Morgan fingerprint density at radius 2 is 1.50 bits per heavy atom. The minimum Gasteiger partial charge on any atom is -0.478 e. The third-order valence-corrected chi connectivity index (χ3v) is 2.75. The molecular formula is C13H13F4NO2. The Morgan fingerprint density at radius 1 is 1.05 bits per heavy atom. The SMILES string of the molecule is CCN(CC)c1c(F)c(F)c(C=CC(=O)O)c(F)c1F. The van der Waals surface area contributed by atoms with Crippen LogP contribution in [-0.4, -0.2) is 24.2 Å². The van der Waals surface area contributed by atoms with Crippen molar-refractivity contribution < 1.29 is 27.5 Å². The van der Waals surface area contributed by atoms with Crippen LogP contribution in [0.25, 0.3) is 6.08 Å². The molecule has 0 aromatic heterocycles. The van der Waals surface area contributed by atoms with E-state index in [9.17, 15) is 22.4 Å². The van der Waals surface area contributed by atoms with Crippen molar-refractivity contribution in [2.75, 3.05) is 18.0 Å². The second-order valence-corrected chi connectivity index (χ2v) is 3.86. The fraction of sp³-hybridized carbons (Fsp3) is 0.308. The average Bonchev–Trinajstić information content (AvgIpc) is 2.41. The molecule has 0 radical (unpaired) electrons. The maximum atomic E-state index is 13.8. The third kappa shape index (κ3) is 2.92. The number of carboxylic acids is 1. The monoisotopic (exact) mass is 291 g/mol. The number of anilines is 1. The first-order valence-electron chi connectivity index (χ1n) is 5.86. The first-order chi connectivity index (χ1) is 9.34. The highest BCUT2D eigenvalue weighted by Crippen LogP contribution is 2.31. The highest BCUT2D eigenvalue weighted by atomic mass is 19.2. The number of aliphatic carboxylic acids is 1. The van der Waals surface area contributed by atoms with Crippen molar-refractivity contribution in [1.29, 1.82) is 0 Å². The predicted octanol–water partition coefficient (Wildman–Crippen LogP) is 3.19. The van der Waals surface area contributed by atoms with Gasteiger partial charge in [-0.25, -0.2) is 22.4 Å². The van der Waals surface area contributed by atoms with E-state index in [1.807, 2.05) is 0 Å². The summed E-state index contributed by atoms with van der Waals surface area (Å²) in [7, 11) is 0. The van der Waals surface area contributed by atoms with Gasteiger partial charge in [-0.05, 0) is 19.9 Å². The van der Waals surface area contributed by atoms with Crippen molar-refractivity contribution in [3.63, 3.8) is 0 Å². The first-order valence-corrected chi connectivity index (χ1v) is 5.86. The van der Waals surface area contributed by atoms with Crippen LogP contribution in [0.15, 0.2) is 6.08 Å².